The third kappa shape index (κ3) is 4.62. The monoisotopic (exact) mass is 390 g/mol. The number of carbonyl (C=O) groups is 1. The second-order valence-corrected chi connectivity index (χ2v) is 8.16. The van der Waals surface area contributed by atoms with Gasteiger partial charge in [0.25, 0.3) is 0 Å². The number of phenols is 1. The third-order valence-electron chi connectivity index (χ3n) is 5.62. The molecule has 0 aliphatic carbocycles. The molecule has 1 heterocycles. The van der Waals surface area contributed by atoms with Crippen molar-refractivity contribution in [2.24, 2.45) is 5.92 Å². The van der Waals surface area contributed by atoms with Crippen molar-refractivity contribution in [3.05, 3.63) is 28.3 Å². The summed E-state index contributed by atoms with van der Waals surface area (Å²) in [6.07, 6.45) is 4.93. The molecule has 156 valence electrons. The van der Waals surface area contributed by atoms with Gasteiger partial charge in [-0.05, 0) is 46.0 Å². The number of hydrogen-bond acceptors (Lipinski definition) is 4. The summed E-state index contributed by atoms with van der Waals surface area (Å²) < 4.78 is 12.0. The predicted molar refractivity (Wildman–Crippen MR) is 111 cm³/mol. The fourth-order valence-corrected chi connectivity index (χ4v) is 3.96. The molecule has 0 bridgehead atoms. The molecule has 0 unspecified atom stereocenters. The van der Waals surface area contributed by atoms with E-state index in [2.05, 4.69) is 13.0 Å². The number of aromatic hydroxyl groups is 1. The maximum atomic E-state index is 11.5. The van der Waals surface area contributed by atoms with Gasteiger partial charge < -0.3 is 19.7 Å². The molecule has 2 rings (SSSR count). The van der Waals surface area contributed by atoms with Crippen LogP contribution in [0.15, 0.2) is 11.6 Å². The summed E-state index contributed by atoms with van der Waals surface area (Å²) in [5, 5.41) is 20.6. The van der Waals surface area contributed by atoms with Crippen molar-refractivity contribution in [1.82, 2.24) is 0 Å². The van der Waals surface area contributed by atoms with Crippen LogP contribution in [0, 0.1) is 5.92 Å². The van der Waals surface area contributed by atoms with Gasteiger partial charge in [0.1, 0.15) is 17.2 Å². The van der Waals surface area contributed by atoms with E-state index in [1.165, 1.54) is 5.57 Å². The molecule has 0 saturated carbocycles. The summed E-state index contributed by atoms with van der Waals surface area (Å²) in [6, 6.07) is 0. The maximum Gasteiger partial charge on any atom is 0.303 e. The lowest BCUT2D eigenvalue weighted by molar-refractivity contribution is -0.137. The van der Waals surface area contributed by atoms with Gasteiger partial charge in [0.15, 0.2) is 0 Å². The highest BCUT2D eigenvalue weighted by Crippen LogP contribution is 2.51. The molecule has 1 aliphatic heterocycles. The highest BCUT2D eigenvalue weighted by molar-refractivity contribution is 5.71. The van der Waals surface area contributed by atoms with E-state index >= 15 is 0 Å². The van der Waals surface area contributed by atoms with Crippen LogP contribution in [-0.2, 0) is 17.6 Å². The van der Waals surface area contributed by atoms with Crippen LogP contribution in [0.2, 0.25) is 0 Å². The Morgan fingerprint density at radius 1 is 1.36 bits per heavy atom. The van der Waals surface area contributed by atoms with E-state index < -0.39 is 5.97 Å². The molecule has 5 nitrogen and oxygen atoms in total. The first kappa shape index (κ1) is 22.1. The zero-order valence-electron chi connectivity index (χ0n) is 18.0. The lowest BCUT2D eigenvalue weighted by atomic mass is 9.82. The van der Waals surface area contributed by atoms with Gasteiger partial charge >= 0.3 is 5.97 Å². The fourth-order valence-electron chi connectivity index (χ4n) is 3.96. The van der Waals surface area contributed by atoms with E-state index in [9.17, 15) is 15.0 Å². The smallest absolute Gasteiger partial charge is 0.303 e. The molecule has 3 atom stereocenters. The Kier molecular flexibility index (Phi) is 7.39. The van der Waals surface area contributed by atoms with Gasteiger partial charge in [-0.25, -0.2) is 0 Å². The zero-order chi connectivity index (χ0) is 21.0. The van der Waals surface area contributed by atoms with Crippen molar-refractivity contribution < 1.29 is 24.5 Å². The number of benzene rings is 1. The molecule has 28 heavy (non-hydrogen) atoms. The van der Waals surface area contributed by atoms with Crippen molar-refractivity contribution in [3.63, 3.8) is 0 Å². The number of ether oxygens (including phenoxy) is 2. The summed E-state index contributed by atoms with van der Waals surface area (Å²) in [6.45, 7) is 10.2. The summed E-state index contributed by atoms with van der Waals surface area (Å²) in [5.74, 6) is 0.498. The van der Waals surface area contributed by atoms with Crippen molar-refractivity contribution in [3.8, 4) is 17.2 Å². The van der Waals surface area contributed by atoms with E-state index in [0.29, 0.717) is 36.3 Å². The van der Waals surface area contributed by atoms with Crippen molar-refractivity contribution >= 4 is 5.97 Å². The maximum absolute atomic E-state index is 11.5. The molecule has 1 aromatic carbocycles. The normalized spacial score (nSPS) is 19.4. The first-order chi connectivity index (χ1) is 13.2. The highest BCUT2D eigenvalue weighted by atomic mass is 16.5. The second kappa shape index (κ2) is 9.35. The largest absolute Gasteiger partial charge is 0.507 e. The number of phenolic OH excluding ortho intramolecular Hbond substituents is 1. The first-order valence-corrected chi connectivity index (χ1v) is 10.2. The van der Waals surface area contributed by atoms with Crippen LogP contribution in [-0.4, -0.2) is 29.4 Å². The van der Waals surface area contributed by atoms with Crippen LogP contribution in [0.5, 0.6) is 17.2 Å². The van der Waals surface area contributed by atoms with Gasteiger partial charge in [-0.1, -0.05) is 31.9 Å². The SMILES string of the molecule is CCC[C@H](CC(=O)O)c1c(O)c2c(c(CC=C(C)C)c1OC)O[C@@H](C)[C@H](C)C2. The van der Waals surface area contributed by atoms with Crippen LogP contribution in [0.4, 0.5) is 0 Å². The van der Waals surface area contributed by atoms with E-state index in [4.69, 9.17) is 9.47 Å². The average Bonchev–Trinajstić information content (AvgIpc) is 2.61. The van der Waals surface area contributed by atoms with Gasteiger partial charge in [0, 0.05) is 22.6 Å². The van der Waals surface area contributed by atoms with Gasteiger partial charge in [0.05, 0.1) is 19.6 Å². The summed E-state index contributed by atoms with van der Waals surface area (Å²) in [7, 11) is 1.58. The molecule has 0 radical (unpaired) electrons. The standard InChI is InChI=1S/C23H34O5/c1-7-8-16(12-19(24)25)20-21(26)18-11-14(4)15(5)28-22(18)17(23(20)27-6)10-9-13(2)3/h9,14-16,26H,7-8,10-12H2,1-6H3,(H,24,25)/t14-,15+,16-/m1/s1. The average molecular weight is 391 g/mol. The molecule has 2 N–H and O–H groups in total. The van der Waals surface area contributed by atoms with Crippen molar-refractivity contribution in [2.75, 3.05) is 7.11 Å². The molecule has 0 spiro atoms. The van der Waals surface area contributed by atoms with Gasteiger partial charge in [-0.15, -0.1) is 0 Å². The van der Waals surface area contributed by atoms with Crippen LogP contribution in [0.3, 0.4) is 0 Å². The number of aliphatic carboxylic acids is 1. The number of carboxylic acids is 1. The minimum atomic E-state index is -0.873. The van der Waals surface area contributed by atoms with Crippen molar-refractivity contribution in [2.45, 2.75) is 78.7 Å². The molecular weight excluding hydrogens is 356 g/mol. The predicted octanol–water partition coefficient (Wildman–Crippen LogP) is 5.23. The summed E-state index contributed by atoms with van der Waals surface area (Å²) >= 11 is 0. The van der Waals surface area contributed by atoms with Crippen LogP contribution < -0.4 is 9.47 Å². The lowest BCUT2D eigenvalue weighted by Gasteiger charge is -2.34. The quantitative estimate of drug-likeness (QED) is 0.595. The molecule has 1 aromatic rings. The molecular formula is C23H34O5. The number of rotatable bonds is 8. The van der Waals surface area contributed by atoms with E-state index in [-0.39, 0.29) is 30.1 Å². The summed E-state index contributed by atoms with van der Waals surface area (Å²) in [4.78, 5) is 11.5. The Morgan fingerprint density at radius 2 is 2.04 bits per heavy atom. The number of allylic oxidation sites excluding steroid dienone is 2. The molecule has 5 heteroatoms. The topological polar surface area (TPSA) is 76.0 Å². The minimum absolute atomic E-state index is 0.0363. The number of carboxylic acid groups (broad SMARTS) is 1. The molecule has 0 aromatic heterocycles. The van der Waals surface area contributed by atoms with Crippen LogP contribution >= 0.6 is 0 Å². The number of fused-ring (bicyclic) bond motifs is 1. The van der Waals surface area contributed by atoms with E-state index in [1.54, 1.807) is 7.11 Å². The Morgan fingerprint density at radius 3 is 2.57 bits per heavy atom. The fraction of sp³-hybridized carbons (Fsp3) is 0.609. The Labute approximate surface area is 168 Å². The van der Waals surface area contributed by atoms with Crippen LogP contribution in [0.1, 0.15) is 76.5 Å². The number of methoxy groups -OCH3 is 1. The Balaban J connectivity index is 2.76. The Hall–Kier alpha value is -2.17. The lowest BCUT2D eigenvalue weighted by Crippen LogP contribution is -2.29. The molecule has 0 fully saturated rings. The molecule has 0 saturated heterocycles. The number of hydrogen-bond donors (Lipinski definition) is 2. The van der Waals surface area contributed by atoms with Crippen molar-refractivity contribution in [1.29, 1.82) is 0 Å². The highest BCUT2D eigenvalue weighted by Gasteiger charge is 2.35. The van der Waals surface area contributed by atoms with Gasteiger partial charge in [-0.3, -0.25) is 4.79 Å². The zero-order valence-corrected chi connectivity index (χ0v) is 18.0. The second-order valence-electron chi connectivity index (χ2n) is 8.16. The first-order valence-electron chi connectivity index (χ1n) is 10.2. The van der Waals surface area contributed by atoms with Gasteiger partial charge in [0.2, 0.25) is 0 Å². The van der Waals surface area contributed by atoms with Crippen LogP contribution in [0.25, 0.3) is 0 Å². The summed E-state index contributed by atoms with van der Waals surface area (Å²) in [5.41, 5.74) is 3.48. The third-order valence-corrected chi connectivity index (χ3v) is 5.62. The molecule has 1 aliphatic rings. The van der Waals surface area contributed by atoms with E-state index in [1.807, 2.05) is 27.7 Å². The van der Waals surface area contributed by atoms with Gasteiger partial charge in [-0.2, -0.15) is 0 Å². The molecule has 0 amide bonds. The minimum Gasteiger partial charge on any atom is -0.507 e. The Bertz CT molecular complexity index is 746. The van der Waals surface area contributed by atoms with E-state index in [0.717, 1.165) is 17.5 Å².